The van der Waals surface area contributed by atoms with E-state index in [1.807, 2.05) is 0 Å². The van der Waals surface area contributed by atoms with Gasteiger partial charge < -0.3 is 15.8 Å². The molecule has 1 aromatic heterocycles. The van der Waals surface area contributed by atoms with Gasteiger partial charge in [-0.05, 0) is 30.9 Å². The number of carbonyl (C=O) groups excluding carboxylic acids is 1. The Balaban J connectivity index is 1.76. The molecule has 0 aliphatic carbocycles. The predicted octanol–water partition coefficient (Wildman–Crippen LogP) is 1.02. The number of pyridine rings is 1. The fourth-order valence-corrected chi connectivity index (χ4v) is 1.86. The molecule has 1 aliphatic heterocycles. The molecule has 1 saturated heterocycles. The quantitative estimate of drug-likeness (QED) is 0.798. The fourth-order valence-electron chi connectivity index (χ4n) is 1.86. The largest absolute Gasteiger partial charge is 0.381 e. The number of ether oxygens (including phenoxy) is 1. The summed E-state index contributed by atoms with van der Waals surface area (Å²) in [6, 6.07) is 3.45. The molecule has 92 valence electrons. The molecule has 1 aromatic rings. The monoisotopic (exact) mass is 235 g/mol. The van der Waals surface area contributed by atoms with Crippen molar-refractivity contribution in [3.63, 3.8) is 0 Å². The molecule has 1 amide bonds. The van der Waals surface area contributed by atoms with Gasteiger partial charge in [0.2, 0.25) is 5.91 Å². The topological polar surface area (TPSA) is 77.2 Å². The number of hydrogen-bond acceptors (Lipinski definition) is 4. The first-order chi connectivity index (χ1) is 8.25. The number of anilines is 1. The Morgan fingerprint density at radius 1 is 1.59 bits per heavy atom. The Morgan fingerprint density at radius 3 is 3.06 bits per heavy atom. The van der Waals surface area contributed by atoms with Crippen LogP contribution in [0.2, 0.25) is 0 Å². The molecule has 2 heterocycles. The summed E-state index contributed by atoms with van der Waals surface area (Å²) in [5, 5.41) is 3.22. The van der Waals surface area contributed by atoms with Crippen LogP contribution in [0.3, 0.4) is 0 Å². The van der Waals surface area contributed by atoms with E-state index in [1.165, 1.54) is 6.20 Å². The highest BCUT2D eigenvalue weighted by Gasteiger charge is 2.14. The Bertz CT molecular complexity index is 372. The molecule has 0 bridgehead atoms. The fraction of sp³-hybridized carbons (Fsp3) is 0.500. The van der Waals surface area contributed by atoms with Crippen LogP contribution in [0.15, 0.2) is 18.3 Å². The lowest BCUT2D eigenvalue weighted by atomic mass is 10.1. The van der Waals surface area contributed by atoms with Crippen molar-refractivity contribution >= 4 is 11.7 Å². The van der Waals surface area contributed by atoms with Crippen molar-refractivity contribution in [2.24, 2.45) is 11.7 Å². The molecule has 17 heavy (non-hydrogen) atoms. The van der Waals surface area contributed by atoms with Gasteiger partial charge in [0, 0.05) is 26.0 Å². The molecule has 0 aromatic carbocycles. The SMILES string of the molecule is NC(=O)c1ccc(NCCC2CCOC2)nc1. The minimum atomic E-state index is -0.452. The van der Waals surface area contributed by atoms with Crippen LogP contribution in [0.4, 0.5) is 5.82 Å². The van der Waals surface area contributed by atoms with E-state index in [4.69, 9.17) is 10.5 Å². The molecular formula is C12H17N3O2. The highest BCUT2D eigenvalue weighted by Crippen LogP contribution is 2.16. The van der Waals surface area contributed by atoms with Crippen LogP contribution >= 0.6 is 0 Å². The van der Waals surface area contributed by atoms with Crippen LogP contribution in [0.5, 0.6) is 0 Å². The minimum absolute atomic E-state index is 0.430. The van der Waals surface area contributed by atoms with E-state index >= 15 is 0 Å². The Hall–Kier alpha value is -1.62. The Labute approximate surface area is 100 Å². The van der Waals surface area contributed by atoms with Gasteiger partial charge in [-0.25, -0.2) is 4.98 Å². The van der Waals surface area contributed by atoms with Crippen LogP contribution in [-0.4, -0.2) is 30.6 Å². The molecule has 5 heteroatoms. The van der Waals surface area contributed by atoms with Gasteiger partial charge >= 0.3 is 0 Å². The van der Waals surface area contributed by atoms with E-state index in [0.29, 0.717) is 11.5 Å². The standard InChI is InChI=1S/C12H17N3O2/c13-12(16)10-1-2-11(15-7-10)14-5-3-9-4-6-17-8-9/h1-2,7,9H,3-6,8H2,(H2,13,16)(H,14,15). The number of nitrogens with two attached hydrogens (primary N) is 1. The number of amides is 1. The molecule has 1 atom stereocenters. The van der Waals surface area contributed by atoms with Crippen LogP contribution in [0, 0.1) is 5.92 Å². The van der Waals surface area contributed by atoms with Gasteiger partial charge in [-0.1, -0.05) is 0 Å². The van der Waals surface area contributed by atoms with Crippen molar-refractivity contribution in [3.8, 4) is 0 Å². The van der Waals surface area contributed by atoms with Crippen LogP contribution in [0.1, 0.15) is 23.2 Å². The van der Waals surface area contributed by atoms with Crippen molar-refractivity contribution < 1.29 is 9.53 Å². The number of hydrogen-bond donors (Lipinski definition) is 2. The van der Waals surface area contributed by atoms with Crippen molar-refractivity contribution in [1.29, 1.82) is 0 Å². The van der Waals surface area contributed by atoms with Gasteiger partial charge in [0.05, 0.1) is 5.56 Å². The first kappa shape index (κ1) is 11.9. The van der Waals surface area contributed by atoms with Crippen molar-refractivity contribution in [2.75, 3.05) is 25.1 Å². The summed E-state index contributed by atoms with van der Waals surface area (Å²) in [6.07, 6.45) is 3.72. The van der Waals surface area contributed by atoms with Crippen molar-refractivity contribution in [2.45, 2.75) is 12.8 Å². The molecule has 0 spiro atoms. The third-order valence-corrected chi connectivity index (χ3v) is 2.93. The van der Waals surface area contributed by atoms with E-state index in [9.17, 15) is 4.79 Å². The highest BCUT2D eigenvalue weighted by molar-refractivity contribution is 5.92. The van der Waals surface area contributed by atoms with Crippen LogP contribution in [-0.2, 0) is 4.74 Å². The van der Waals surface area contributed by atoms with Crippen LogP contribution < -0.4 is 11.1 Å². The Morgan fingerprint density at radius 2 is 2.47 bits per heavy atom. The summed E-state index contributed by atoms with van der Waals surface area (Å²) in [7, 11) is 0. The number of nitrogens with zero attached hydrogens (tertiary/aromatic N) is 1. The van der Waals surface area contributed by atoms with Crippen molar-refractivity contribution in [1.82, 2.24) is 4.98 Å². The first-order valence-electron chi connectivity index (χ1n) is 5.83. The molecule has 5 nitrogen and oxygen atoms in total. The highest BCUT2D eigenvalue weighted by atomic mass is 16.5. The summed E-state index contributed by atoms with van der Waals surface area (Å²) in [4.78, 5) is 15.0. The molecule has 1 aliphatic rings. The molecule has 3 N–H and O–H groups in total. The third-order valence-electron chi connectivity index (χ3n) is 2.93. The van der Waals surface area contributed by atoms with Crippen molar-refractivity contribution in [3.05, 3.63) is 23.9 Å². The molecule has 0 radical (unpaired) electrons. The zero-order valence-electron chi connectivity index (χ0n) is 9.69. The van der Waals surface area contributed by atoms with E-state index in [1.54, 1.807) is 12.1 Å². The minimum Gasteiger partial charge on any atom is -0.381 e. The third kappa shape index (κ3) is 3.42. The lowest BCUT2D eigenvalue weighted by Crippen LogP contribution is -2.12. The van der Waals surface area contributed by atoms with Crippen LogP contribution in [0.25, 0.3) is 0 Å². The summed E-state index contributed by atoms with van der Waals surface area (Å²) >= 11 is 0. The average molecular weight is 235 g/mol. The van der Waals surface area contributed by atoms with E-state index < -0.39 is 5.91 Å². The maximum Gasteiger partial charge on any atom is 0.250 e. The second-order valence-corrected chi connectivity index (χ2v) is 4.24. The number of rotatable bonds is 5. The molecule has 2 rings (SSSR count). The van der Waals surface area contributed by atoms with E-state index in [2.05, 4.69) is 10.3 Å². The number of nitrogens with one attached hydrogen (secondary N) is 1. The molecule has 0 saturated carbocycles. The maximum atomic E-state index is 10.8. The molecule has 1 fully saturated rings. The average Bonchev–Trinajstić information content (AvgIpc) is 2.83. The predicted molar refractivity (Wildman–Crippen MR) is 64.8 cm³/mol. The second-order valence-electron chi connectivity index (χ2n) is 4.24. The van der Waals surface area contributed by atoms with Gasteiger partial charge in [0.25, 0.3) is 0 Å². The van der Waals surface area contributed by atoms with Gasteiger partial charge in [-0.15, -0.1) is 0 Å². The summed E-state index contributed by atoms with van der Waals surface area (Å²) in [5.41, 5.74) is 5.56. The lowest BCUT2D eigenvalue weighted by Gasteiger charge is -2.09. The van der Waals surface area contributed by atoms with Gasteiger partial charge in [0.1, 0.15) is 5.82 Å². The number of aromatic nitrogens is 1. The maximum absolute atomic E-state index is 10.8. The lowest BCUT2D eigenvalue weighted by molar-refractivity contribution is 0.1000. The van der Waals surface area contributed by atoms with Gasteiger partial charge in [-0.2, -0.15) is 0 Å². The summed E-state index contributed by atoms with van der Waals surface area (Å²) in [5.74, 6) is 0.980. The van der Waals surface area contributed by atoms with E-state index in [0.717, 1.165) is 38.4 Å². The van der Waals surface area contributed by atoms with E-state index in [-0.39, 0.29) is 0 Å². The zero-order chi connectivity index (χ0) is 12.1. The molecule has 1 unspecified atom stereocenters. The zero-order valence-corrected chi connectivity index (χ0v) is 9.69. The summed E-state index contributed by atoms with van der Waals surface area (Å²) in [6.45, 7) is 2.63. The smallest absolute Gasteiger partial charge is 0.250 e. The Kier molecular flexibility index (Phi) is 3.93. The molecular weight excluding hydrogens is 218 g/mol. The normalized spacial score (nSPS) is 19.2. The summed E-state index contributed by atoms with van der Waals surface area (Å²) < 4.78 is 5.31. The number of carbonyl (C=O) groups is 1. The number of primary amides is 1. The van der Waals surface area contributed by atoms with Gasteiger partial charge in [-0.3, -0.25) is 4.79 Å². The first-order valence-corrected chi connectivity index (χ1v) is 5.83. The van der Waals surface area contributed by atoms with Gasteiger partial charge in [0.15, 0.2) is 0 Å². The second kappa shape index (κ2) is 5.63.